The molecule has 13 heavy (non-hydrogen) atoms. The van der Waals surface area contributed by atoms with Crippen LogP contribution in [0.3, 0.4) is 0 Å². The molecule has 1 rings (SSSR count). The number of alkyl halides is 1. The highest BCUT2D eigenvalue weighted by atomic mass is 35.5. The van der Waals surface area contributed by atoms with Crippen LogP contribution in [0.5, 0.6) is 0 Å². The zero-order valence-corrected chi connectivity index (χ0v) is 8.33. The molecule has 0 saturated carbocycles. The molecular weight excluding hydrogens is 211 g/mol. The Bertz CT molecular complexity index is 278. The van der Waals surface area contributed by atoms with E-state index < -0.39 is 12.2 Å². The first kappa shape index (κ1) is 10.8. The summed E-state index contributed by atoms with van der Waals surface area (Å²) in [6.07, 6.45) is -2.01. The summed E-state index contributed by atoms with van der Waals surface area (Å²) in [4.78, 5) is 0. The third-order valence-corrected chi connectivity index (χ3v) is 2.41. The van der Waals surface area contributed by atoms with Gasteiger partial charge in [0.05, 0.1) is 12.0 Å². The van der Waals surface area contributed by atoms with Gasteiger partial charge in [0.15, 0.2) is 0 Å². The maximum atomic E-state index is 9.55. The minimum atomic E-state index is -1.02. The summed E-state index contributed by atoms with van der Waals surface area (Å²) in [5, 5.41) is 19.2. The third-order valence-electron chi connectivity index (χ3n) is 1.75. The van der Waals surface area contributed by atoms with E-state index in [9.17, 15) is 10.2 Å². The Morgan fingerprint density at radius 2 is 1.85 bits per heavy atom. The topological polar surface area (TPSA) is 40.5 Å². The average molecular weight is 221 g/mol. The van der Waals surface area contributed by atoms with Crippen molar-refractivity contribution in [3.8, 4) is 0 Å². The van der Waals surface area contributed by atoms with Gasteiger partial charge in [-0.05, 0) is 6.07 Å². The van der Waals surface area contributed by atoms with Crippen molar-refractivity contribution in [2.45, 2.75) is 12.2 Å². The maximum absolute atomic E-state index is 9.55. The molecule has 2 nitrogen and oxygen atoms in total. The summed E-state index contributed by atoms with van der Waals surface area (Å²) in [7, 11) is 0. The van der Waals surface area contributed by atoms with Gasteiger partial charge in [-0.3, -0.25) is 0 Å². The van der Waals surface area contributed by atoms with Gasteiger partial charge in [0.2, 0.25) is 0 Å². The Labute approximate surface area is 86.7 Å². The van der Waals surface area contributed by atoms with Crippen molar-refractivity contribution >= 4 is 23.2 Å². The van der Waals surface area contributed by atoms with Gasteiger partial charge in [-0.15, -0.1) is 11.6 Å². The second-order valence-electron chi connectivity index (χ2n) is 2.69. The fraction of sp³-hybridized carbons (Fsp3) is 0.333. The van der Waals surface area contributed by atoms with Crippen LogP contribution < -0.4 is 0 Å². The summed E-state index contributed by atoms with van der Waals surface area (Å²) < 4.78 is 0. The molecule has 0 heterocycles. The molecule has 2 unspecified atom stereocenters. The van der Waals surface area contributed by atoms with Crippen molar-refractivity contribution in [2.75, 3.05) is 5.88 Å². The second kappa shape index (κ2) is 4.82. The highest BCUT2D eigenvalue weighted by molar-refractivity contribution is 6.31. The van der Waals surface area contributed by atoms with Crippen LogP contribution in [0.1, 0.15) is 11.7 Å². The van der Waals surface area contributed by atoms with Gasteiger partial charge in [-0.25, -0.2) is 0 Å². The first-order valence-electron chi connectivity index (χ1n) is 3.83. The molecule has 72 valence electrons. The van der Waals surface area contributed by atoms with Crippen molar-refractivity contribution in [3.05, 3.63) is 34.9 Å². The molecule has 0 aliphatic heterocycles. The van der Waals surface area contributed by atoms with Crippen LogP contribution in [0.4, 0.5) is 0 Å². The lowest BCUT2D eigenvalue weighted by Gasteiger charge is -2.16. The van der Waals surface area contributed by atoms with E-state index in [-0.39, 0.29) is 5.88 Å². The lowest BCUT2D eigenvalue weighted by Crippen LogP contribution is -2.19. The van der Waals surface area contributed by atoms with Crippen molar-refractivity contribution in [1.29, 1.82) is 0 Å². The molecule has 0 saturated heterocycles. The predicted molar refractivity (Wildman–Crippen MR) is 53.1 cm³/mol. The molecule has 0 aliphatic carbocycles. The fourth-order valence-corrected chi connectivity index (χ4v) is 1.42. The van der Waals surface area contributed by atoms with Crippen molar-refractivity contribution in [3.63, 3.8) is 0 Å². The molecule has 0 spiro atoms. The van der Waals surface area contributed by atoms with Crippen molar-refractivity contribution < 1.29 is 10.2 Å². The van der Waals surface area contributed by atoms with Gasteiger partial charge < -0.3 is 10.2 Å². The number of halogens is 2. The van der Waals surface area contributed by atoms with Gasteiger partial charge in [0.1, 0.15) is 6.10 Å². The highest BCUT2D eigenvalue weighted by Gasteiger charge is 2.18. The highest BCUT2D eigenvalue weighted by Crippen LogP contribution is 2.25. The molecule has 4 heteroatoms. The molecular formula is C9H10Cl2O2. The van der Waals surface area contributed by atoms with E-state index in [4.69, 9.17) is 23.2 Å². The summed E-state index contributed by atoms with van der Waals surface area (Å²) in [6, 6.07) is 6.81. The zero-order chi connectivity index (χ0) is 9.84. The summed E-state index contributed by atoms with van der Waals surface area (Å²) in [6.45, 7) is 0. The lowest BCUT2D eigenvalue weighted by molar-refractivity contribution is 0.0328. The van der Waals surface area contributed by atoms with Crippen molar-refractivity contribution in [1.82, 2.24) is 0 Å². The van der Waals surface area contributed by atoms with E-state index in [0.29, 0.717) is 10.6 Å². The first-order chi connectivity index (χ1) is 6.16. The van der Waals surface area contributed by atoms with Crippen LogP contribution in [-0.2, 0) is 0 Å². The average Bonchev–Trinajstić information content (AvgIpc) is 2.16. The number of aliphatic hydroxyl groups is 2. The first-order valence-corrected chi connectivity index (χ1v) is 4.74. The quantitative estimate of drug-likeness (QED) is 0.766. The Kier molecular flexibility index (Phi) is 4.00. The van der Waals surface area contributed by atoms with E-state index >= 15 is 0 Å². The van der Waals surface area contributed by atoms with E-state index in [1.165, 1.54) is 0 Å². The fourth-order valence-electron chi connectivity index (χ4n) is 1.01. The number of benzene rings is 1. The predicted octanol–water partition coefficient (Wildman–Crippen LogP) is 1.97. The van der Waals surface area contributed by atoms with E-state index in [2.05, 4.69) is 0 Å². The van der Waals surface area contributed by atoms with Crippen LogP contribution in [-0.4, -0.2) is 22.2 Å². The number of aliphatic hydroxyl groups excluding tert-OH is 2. The smallest absolute Gasteiger partial charge is 0.107 e. The van der Waals surface area contributed by atoms with E-state index in [0.717, 1.165) is 0 Å². The summed E-state index contributed by atoms with van der Waals surface area (Å²) in [5.41, 5.74) is 0.498. The molecule has 2 N–H and O–H groups in total. The van der Waals surface area contributed by atoms with Gasteiger partial charge in [0, 0.05) is 10.6 Å². The molecule has 0 bridgehead atoms. The van der Waals surface area contributed by atoms with Crippen LogP contribution in [0.25, 0.3) is 0 Å². The van der Waals surface area contributed by atoms with Crippen LogP contribution in [0.15, 0.2) is 24.3 Å². The normalized spacial score (nSPS) is 15.4. The van der Waals surface area contributed by atoms with Crippen LogP contribution in [0, 0.1) is 0 Å². The molecule has 1 aromatic carbocycles. The maximum Gasteiger partial charge on any atom is 0.107 e. The molecule has 0 fully saturated rings. The molecule has 0 aromatic heterocycles. The van der Waals surface area contributed by atoms with Gasteiger partial charge in [0.25, 0.3) is 0 Å². The second-order valence-corrected chi connectivity index (χ2v) is 3.40. The SMILES string of the molecule is OC(CCl)C(O)c1ccccc1Cl. The van der Waals surface area contributed by atoms with Crippen molar-refractivity contribution in [2.24, 2.45) is 0 Å². The minimum Gasteiger partial charge on any atom is -0.389 e. The number of rotatable bonds is 3. The van der Waals surface area contributed by atoms with E-state index in [1.54, 1.807) is 24.3 Å². The third kappa shape index (κ3) is 2.58. The Morgan fingerprint density at radius 1 is 1.23 bits per heavy atom. The molecule has 0 amide bonds. The monoisotopic (exact) mass is 220 g/mol. The standard InChI is InChI=1S/C9H10Cl2O2/c10-5-8(12)9(13)6-3-1-2-4-7(6)11/h1-4,8-9,12-13H,5H2. The van der Waals surface area contributed by atoms with Crippen LogP contribution in [0.2, 0.25) is 5.02 Å². The van der Waals surface area contributed by atoms with Gasteiger partial charge >= 0.3 is 0 Å². The zero-order valence-electron chi connectivity index (χ0n) is 6.82. The Balaban J connectivity index is 2.88. The summed E-state index contributed by atoms with van der Waals surface area (Å²) >= 11 is 11.2. The lowest BCUT2D eigenvalue weighted by atomic mass is 10.1. The Hall–Kier alpha value is -0.280. The van der Waals surface area contributed by atoms with Gasteiger partial charge in [-0.1, -0.05) is 29.8 Å². The van der Waals surface area contributed by atoms with Crippen LogP contribution >= 0.6 is 23.2 Å². The summed E-state index contributed by atoms with van der Waals surface area (Å²) in [5.74, 6) is -0.0214. The van der Waals surface area contributed by atoms with Gasteiger partial charge in [-0.2, -0.15) is 0 Å². The minimum absolute atomic E-state index is 0.0214. The van der Waals surface area contributed by atoms with E-state index in [1.807, 2.05) is 0 Å². The molecule has 1 aromatic rings. The molecule has 0 aliphatic rings. The molecule has 0 radical (unpaired) electrons. The Morgan fingerprint density at radius 3 is 2.38 bits per heavy atom. The number of hydrogen-bond acceptors (Lipinski definition) is 2. The number of hydrogen-bond donors (Lipinski definition) is 2. The largest absolute Gasteiger partial charge is 0.389 e. The molecule has 2 atom stereocenters.